The fourth-order valence-corrected chi connectivity index (χ4v) is 1.95. The van der Waals surface area contributed by atoms with Crippen molar-refractivity contribution >= 4 is 5.69 Å². The number of benzene rings is 1. The molecule has 1 aliphatic carbocycles. The highest BCUT2D eigenvalue weighted by molar-refractivity contribution is 5.45. The lowest BCUT2D eigenvalue weighted by Gasteiger charge is -2.25. The summed E-state index contributed by atoms with van der Waals surface area (Å²) in [7, 11) is 0. The summed E-state index contributed by atoms with van der Waals surface area (Å²) in [5, 5.41) is 3.37. The maximum atomic E-state index is 5.44. The van der Waals surface area contributed by atoms with Gasteiger partial charge in [0.15, 0.2) is 0 Å². The summed E-state index contributed by atoms with van der Waals surface area (Å²) >= 11 is 0. The minimum atomic E-state index is 0.757. The summed E-state index contributed by atoms with van der Waals surface area (Å²) in [6, 6.07) is 8.89. The molecule has 1 saturated carbocycles. The van der Waals surface area contributed by atoms with E-state index >= 15 is 0 Å². The summed E-state index contributed by atoms with van der Waals surface area (Å²) < 4.78 is 0. The van der Waals surface area contributed by atoms with E-state index in [1.54, 1.807) is 0 Å². The van der Waals surface area contributed by atoms with Crippen molar-refractivity contribution < 1.29 is 0 Å². The van der Waals surface area contributed by atoms with Gasteiger partial charge in [-0.25, -0.2) is 0 Å². The molecule has 1 fully saturated rings. The topological polar surface area (TPSA) is 38.0 Å². The Morgan fingerprint density at radius 3 is 2.47 bits per heavy atom. The minimum Gasteiger partial charge on any atom is -0.385 e. The van der Waals surface area contributed by atoms with E-state index < -0.39 is 0 Å². The van der Waals surface area contributed by atoms with Crippen LogP contribution in [0.1, 0.15) is 37.2 Å². The number of hydrogen-bond donors (Lipinski definition) is 2. The van der Waals surface area contributed by atoms with Crippen LogP contribution in [-0.4, -0.2) is 13.1 Å². The van der Waals surface area contributed by atoms with Crippen molar-refractivity contribution in [3.8, 4) is 0 Å². The fourth-order valence-electron chi connectivity index (χ4n) is 1.95. The van der Waals surface area contributed by atoms with E-state index in [2.05, 4.69) is 29.6 Å². The van der Waals surface area contributed by atoms with Crippen LogP contribution < -0.4 is 11.1 Å². The Morgan fingerprint density at radius 1 is 1.20 bits per heavy atom. The standard InChI is InChI=1S/C13H20N2/c14-9-2-10-15-13-7-5-12(6-8-13)11-3-1-4-11/h5-8,11,15H,1-4,9-10,14H2. The zero-order valence-corrected chi connectivity index (χ0v) is 9.21. The lowest BCUT2D eigenvalue weighted by Crippen LogP contribution is -2.10. The average molecular weight is 204 g/mol. The van der Waals surface area contributed by atoms with Gasteiger partial charge in [-0.2, -0.15) is 0 Å². The molecule has 0 aromatic heterocycles. The summed E-state index contributed by atoms with van der Waals surface area (Å²) in [5.41, 5.74) is 8.16. The van der Waals surface area contributed by atoms with Crippen LogP contribution in [0.5, 0.6) is 0 Å². The minimum absolute atomic E-state index is 0.757. The molecule has 0 saturated heterocycles. The second kappa shape index (κ2) is 5.17. The van der Waals surface area contributed by atoms with E-state index in [4.69, 9.17) is 5.73 Å². The molecule has 0 bridgehead atoms. The Bertz CT molecular complexity index is 288. The van der Waals surface area contributed by atoms with Gasteiger partial charge in [0.1, 0.15) is 0 Å². The number of hydrogen-bond acceptors (Lipinski definition) is 2. The van der Waals surface area contributed by atoms with Crippen molar-refractivity contribution in [3.05, 3.63) is 29.8 Å². The Balaban J connectivity index is 1.86. The van der Waals surface area contributed by atoms with Crippen LogP contribution in [0.15, 0.2) is 24.3 Å². The zero-order valence-electron chi connectivity index (χ0n) is 9.21. The first-order chi connectivity index (χ1) is 7.40. The van der Waals surface area contributed by atoms with Gasteiger partial charge < -0.3 is 11.1 Å². The van der Waals surface area contributed by atoms with E-state index in [1.807, 2.05) is 0 Å². The van der Waals surface area contributed by atoms with Crippen LogP contribution in [0.3, 0.4) is 0 Å². The molecule has 1 aromatic rings. The summed E-state index contributed by atoms with van der Waals surface area (Å²) in [6.45, 7) is 1.73. The lowest BCUT2D eigenvalue weighted by molar-refractivity contribution is 0.420. The third kappa shape index (κ3) is 2.72. The quantitative estimate of drug-likeness (QED) is 0.724. The van der Waals surface area contributed by atoms with Crippen LogP contribution in [0.25, 0.3) is 0 Å². The van der Waals surface area contributed by atoms with Crippen LogP contribution in [-0.2, 0) is 0 Å². The van der Waals surface area contributed by atoms with Crippen LogP contribution in [0, 0.1) is 0 Å². The largest absolute Gasteiger partial charge is 0.385 e. The Hall–Kier alpha value is -1.02. The maximum Gasteiger partial charge on any atom is 0.0340 e. The number of rotatable bonds is 5. The molecule has 0 aliphatic heterocycles. The molecule has 2 rings (SSSR count). The van der Waals surface area contributed by atoms with Gasteiger partial charge in [0.05, 0.1) is 0 Å². The molecule has 0 atom stereocenters. The van der Waals surface area contributed by atoms with Gasteiger partial charge in [-0.1, -0.05) is 18.6 Å². The van der Waals surface area contributed by atoms with Gasteiger partial charge in [0.25, 0.3) is 0 Å². The van der Waals surface area contributed by atoms with Crippen LogP contribution in [0.2, 0.25) is 0 Å². The van der Waals surface area contributed by atoms with Crippen LogP contribution in [0.4, 0.5) is 5.69 Å². The molecule has 82 valence electrons. The van der Waals surface area contributed by atoms with Crippen molar-refractivity contribution in [2.45, 2.75) is 31.6 Å². The predicted octanol–water partition coefficient (Wildman–Crippen LogP) is 2.71. The van der Waals surface area contributed by atoms with E-state index in [1.165, 1.54) is 30.5 Å². The first-order valence-corrected chi connectivity index (χ1v) is 5.94. The van der Waals surface area contributed by atoms with E-state index in [0.717, 1.165) is 25.4 Å². The first kappa shape index (κ1) is 10.5. The van der Waals surface area contributed by atoms with Gasteiger partial charge in [0, 0.05) is 12.2 Å². The molecule has 0 unspecified atom stereocenters. The molecule has 2 nitrogen and oxygen atoms in total. The zero-order chi connectivity index (χ0) is 10.5. The van der Waals surface area contributed by atoms with Crippen molar-refractivity contribution in [2.75, 3.05) is 18.4 Å². The molecule has 0 radical (unpaired) electrons. The Kier molecular flexibility index (Phi) is 3.62. The van der Waals surface area contributed by atoms with Gasteiger partial charge in [-0.3, -0.25) is 0 Å². The predicted molar refractivity (Wildman–Crippen MR) is 65.2 cm³/mol. The highest BCUT2D eigenvalue weighted by atomic mass is 14.9. The molecular formula is C13H20N2. The number of nitrogens with one attached hydrogen (secondary N) is 1. The number of nitrogens with two attached hydrogens (primary N) is 1. The summed E-state index contributed by atoms with van der Waals surface area (Å²) in [6.07, 6.45) is 5.19. The van der Waals surface area contributed by atoms with E-state index in [0.29, 0.717) is 0 Å². The second-order valence-electron chi connectivity index (χ2n) is 4.32. The van der Waals surface area contributed by atoms with Crippen molar-refractivity contribution in [3.63, 3.8) is 0 Å². The second-order valence-corrected chi connectivity index (χ2v) is 4.32. The highest BCUT2D eigenvalue weighted by Gasteiger charge is 2.18. The van der Waals surface area contributed by atoms with Gasteiger partial charge in [-0.15, -0.1) is 0 Å². The Labute approximate surface area is 91.9 Å². The maximum absolute atomic E-state index is 5.44. The lowest BCUT2D eigenvalue weighted by atomic mass is 9.80. The Morgan fingerprint density at radius 2 is 1.93 bits per heavy atom. The smallest absolute Gasteiger partial charge is 0.0340 e. The SMILES string of the molecule is NCCCNc1ccc(C2CCC2)cc1. The third-order valence-electron chi connectivity index (χ3n) is 3.20. The fraction of sp³-hybridized carbons (Fsp3) is 0.538. The third-order valence-corrected chi connectivity index (χ3v) is 3.20. The van der Waals surface area contributed by atoms with Gasteiger partial charge in [0.2, 0.25) is 0 Å². The van der Waals surface area contributed by atoms with E-state index in [-0.39, 0.29) is 0 Å². The van der Waals surface area contributed by atoms with Crippen LogP contribution >= 0.6 is 0 Å². The molecule has 1 aliphatic rings. The van der Waals surface area contributed by atoms with Crippen molar-refractivity contribution in [2.24, 2.45) is 5.73 Å². The van der Waals surface area contributed by atoms with Gasteiger partial charge in [-0.05, 0) is 49.4 Å². The molecule has 15 heavy (non-hydrogen) atoms. The van der Waals surface area contributed by atoms with Gasteiger partial charge >= 0.3 is 0 Å². The normalized spacial score (nSPS) is 16.1. The summed E-state index contributed by atoms with van der Waals surface area (Å²) in [4.78, 5) is 0. The number of anilines is 1. The molecular weight excluding hydrogens is 184 g/mol. The highest BCUT2D eigenvalue weighted by Crippen LogP contribution is 2.36. The first-order valence-electron chi connectivity index (χ1n) is 5.94. The van der Waals surface area contributed by atoms with Crippen molar-refractivity contribution in [1.82, 2.24) is 0 Å². The molecule has 1 aromatic carbocycles. The molecule has 2 heteroatoms. The molecule has 0 amide bonds. The molecule has 3 N–H and O–H groups in total. The molecule has 0 heterocycles. The summed E-state index contributed by atoms with van der Waals surface area (Å²) in [5.74, 6) is 0.836. The molecule has 0 spiro atoms. The monoisotopic (exact) mass is 204 g/mol. The van der Waals surface area contributed by atoms with E-state index in [9.17, 15) is 0 Å². The van der Waals surface area contributed by atoms with Crippen molar-refractivity contribution in [1.29, 1.82) is 0 Å². The average Bonchev–Trinajstić information content (AvgIpc) is 2.18.